The lowest BCUT2D eigenvalue weighted by molar-refractivity contribution is -0.116. The van der Waals surface area contributed by atoms with Crippen molar-refractivity contribution in [1.82, 2.24) is 24.7 Å². The van der Waals surface area contributed by atoms with Gasteiger partial charge in [0.1, 0.15) is 6.54 Å². The fourth-order valence-electron chi connectivity index (χ4n) is 3.27. The topological polar surface area (TPSA) is 99.6 Å². The summed E-state index contributed by atoms with van der Waals surface area (Å²) in [7, 11) is 1.71. The molecule has 0 spiro atoms. The molecular weight excluding hydrogens is 384 g/mol. The fourth-order valence-corrected chi connectivity index (χ4v) is 3.27. The molecule has 2 N–H and O–H groups in total. The summed E-state index contributed by atoms with van der Waals surface area (Å²) in [5.74, 6) is -0.499. The number of carbonyl (C=O) groups excluding carboxylic acids is 3. The highest BCUT2D eigenvalue weighted by atomic mass is 16.2. The van der Waals surface area contributed by atoms with Crippen LogP contribution in [0, 0.1) is 20.8 Å². The number of carbonyl (C=O) groups is 3. The van der Waals surface area contributed by atoms with Gasteiger partial charge in [-0.3, -0.25) is 9.59 Å². The van der Waals surface area contributed by atoms with Crippen LogP contribution in [0.1, 0.15) is 27.3 Å². The molecule has 2 heterocycles. The molecule has 0 radical (unpaired) electrons. The maximum Gasteiger partial charge on any atom is 0.320 e. The van der Waals surface area contributed by atoms with Crippen LogP contribution in [-0.2, 0) is 11.3 Å². The van der Waals surface area contributed by atoms with E-state index in [1.54, 1.807) is 36.5 Å². The average Bonchev–Trinajstić information content (AvgIpc) is 3.20. The van der Waals surface area contributed by atoms with Gasteiger partial charge in [0.15, 0.2) is 0 Å². The largest absolute Gasteiger partial charge is 0.350 e. The molecule has 30 heavy (non-hydrogen) atoms. The normalized spacial score (nSPS) is 13.7. The van der Waals surface area contributed by atoms with Crippen LogP contribution in [0.15, 0.2) is 24.5 Å². The number of nitrogens with one attached hydrogen (secondary N) is 2. The average molecular weight is 412 g/mol. The first-order valence-corrected chi connectivity index (χ1v) is 9.93. The van der Waals surface area contributed by atoms with Gasteiger partial charge in [-0.25, -0.2) is 9.78 Å². The molecule has 0 saturated carbocycles. The molecule has 1 aromatic heterocycles. The van der Waals surface area contributed by atoms with Crippen molar-refractivity contribution in [2.75, 3.05) is 38.5 Å². The molecule has 1 aliphatic heterocycles. The number of nitrogens with zero attached hydrogens (tertiary/aromatic N) is 4. The number of imidazole rings is 1. The van der Waals surface area contributed by atoms with Crippen molar-refractivity contribution >= 4 is 23.5 Å². The Morgan fingerprint density at radius 3 is 2.57 bits per heavy atom. The number of amides is 4. The lowest BCUT2D eigenvalue weighted by Crippen LogP contribution is -2.36. The van der Waals surface area contributed by atoms with Gasteiger partial charge in [0.05, 0.1) is 12.0 Å². The highest BCUT2D eigenvalue weighted by Crippen LogP contribution is 2.17. The van der Waals surface area contributed by atoms with Crippen molar-refractivity contribution in [2.45, 2.75) is 27.3 Å². The van der Waals surface area contributed by atoms with Crippen molar-refractivity contribution in [2.24, 2.45) is 0 Å². The molecule has 1 fully saturated rings. The molecule has 3 rings (SSSR count). The summed E-state index contributed by atoms with van der Waals surface area (Å²) < 4.78 is 1.99. The van der Waals surface area contributed by atoms with Crippen molar-refractivity contribution in [3.8, 4) is 0 Å². The summed E-state index contributed by atoms with van der Waals surface area (Å²) in [6.07, 6.45) is 1.76. The highest BCUT2D eigenvalue weighted by Gasteiger charge is 2.27. The quantitative estimate of drug-likeness (QED) is 0.721. The standard InChI is InChI=1S/C21H28N6O3/c1-14-5-6-17(20(29)22-7-8-27-13-23-15(2)16(27)3)11-18(14)24-19(28)12-26-10-9-25(4)21(26)30/h5-6,11,13H,7-10,12H2,1-4H3,(H,22,29)(H,24,28). The molecule has 160 valence electrons. The van der Waals surface area contributed by atoms with E-state index in [-0.39, 0.29) is 24.4 Å². The molecular formula is C21H28N6O3. The molecule has 2 aromatic rings. The summed E-state index contributed by atoms with van der Waals surface area (Å²) in [6.45, 7) is 8.02. The van der Waals surface area contributed by atoms with E-state index >= 15 is 0 Å². The summed E-state index contributed by atoms with van der Waals surface area (Å²) in [4.78, 5) is 44.2. The summed E-state index contributed by atoms with van der Waals surface area (Å²) >= 11 is 0. The number of benzene rings is 1. The van der Waals surface area contributed by atoms with Crippen molar-refractivity contribution < 1.29 is 14.4 Å². The second-order valence-corrected chi connectivity index (χ2v) is 7.57. The molecule has 9 nitrogen and oxygen atoms in total. The van der Waals surface area contributed by atoms with Gasteiger partial charge in [-0.2, -0.15) is 0 Å². The van der Waals surface area contributed by atoms with E-state index in [9.17, 15) is 14.4 Å². The Labute approximate surface area is 176 Å². The van der Waals surface area contributed by atoms with Crippen molar-refractivity contribution in [1.29, 1.82) is 0 Å². The Morgan fingerprint density at radius 2 is 1.93 bits per heavy atom. The van der Waals surface area contributed by atoms with Crippen LogP contribution >= 0.6 is 0 Å². The Bertz CT molecular complexity index is 968. The second kappa shape index (κ2) is 8.98. The van der Waals surface area contributed by atoms with E-state index in [4.69, 9.17) is 0 Å². The SMILES string of the molecule is Cc1ccc(C(=O)NCCn2cnc(C)c2C)cc1NC(=O)CN1CCN(C)C1=O. The molecule has 0 aliphatic carbocycles. The number of urea groups is 1. The van der Waals surface area contributed by atoms with Gasteiger partial charge in [-0.1, -0.05) is 6.07 Å². The number of hydrogen-bond acceptors (Lipinski definition) is 4. The van der Waals surface area contributed by atoms with E-state index in [0.717, 1.165) is 17.0 Å². The third-order valence-electron chi connectivity index (χ3n) is 5.39. The van der Waals surface area contributed by atoms with Crippen LogP contribution < -0.4 is 10.6 Å². The molecule has 0 atom stereocenters. The minimum atomic E-state index is -0.287. The van der Waals surface area contributed by atoms with Gasteiger partial charge >= 0.3 is 6.03 Å². The minimum absolute atomic E-state index is 0.0112. The number of anilines is 1. The van der Waals surface area contributed by atoms with E-state index < -0.39 is 0 Å². The Hall–Kier alpha value is -3.36. The predicted molar refractivity (Wildman–Crippen MR) is 113 cm³/mol. The van der Waals surface area contributed by atoms with Gasteiger partial charge in [-0.05, 0) is 38.5 Å². The predicted octanol–water partition coefficient (Wildman–Crippen LogP) is 1.54. The minimum Gasteiger partial charge on any atom is -0.350 e. The van der Waals surface area contributed by atoms with Crippen LogP contribution in [0.5, 0.6) is 0 Å². The molecule has 1 saturated heterocycles. The molecule has 1 aromatic carbocycles. The van der Waals surface area contributed by atoms with Crippen molar-refractivity contribution in [3.63, 3.8) is 0 Å². The van der Waals surface area contributed by atoms with E-state index in [1.165, 1.54) is 4.90 Å². The third-order valence-corrected chi connectivity index (χ3v) is 5.39. The summed E-state index contributed by atoms with van der Waals surface area (Å²) in [5, 5.41) is 5.71. The third kappa shape index (κ3) is 4.79. The Morgan fingerprint density at radius 1 is 1.17 bits per heavy atom. The van der Waals surface area contributed by atoms with Crippen LogP contribution in [-0.4, -0.2) is 70.4 Å². The number of aryl methyl sites for hydroxylation is 2. The van der Waals surface area contributed by atoms with E-state index in [2.05, 4.69) is 15.6 Å². The maximum absolute atomic E-state index is 12.5. The molecule has 1 aliphatic rings. The number of likely N-dealkylation sites (N-methyl/N-ethyl adjacent to an activating group) is 1. The zero-order valence-electron chi connectivity index (χ0n) is 17.9. The first-order valence-electron chi connectivity index (χ1n) is 9.93. The second-order valence-electron chi connectivity index (χ2n) is 7.57. The lowest BCUT2D eigenvalue weighted by atomic mass is 10.1. The molecule has 0 unspecified atom stereocenters. The number of hydrogen-bond donors (Lipinski definition) is 2. The molecule has 9 heteroatoms. The van der Waals surface area contributed by atoms with Crippen LogP contribution in [0.25, 0.3) is 0 Å². The summed E-state index contributed by atoms with van der Waals surface area (Å²) in [6, 6.07) is 5.03. The smallest absolute Gasteiger partial charge is 0.320 e. The van der Waals surface area contributed by atoms with E-state index in [0.29, 0.717) is 37.4 Å². The number of aromatic nitrogens is 2. The highest BCUT2D eigenvalue weighted by molar-refractivity contribution is 5.99. The lowest BCUT2D eigenvalue weighted by Gasteiger charge is -2.16. The number of rotatable bonds is 7. The summed E-state index contributed by atoms with van der Waals surface area (Å²) in [5.41, 5.74) is 3.92. The Kier molecular flexibility index (Phi) is 6.39. The van der Waals surface area contributed by atoms with Gasteiger partial charge in [-0.15, -0.1) is 0 Å². The Balaban J connectivity index is 1.57. The van der Waals surface area contributed by atoms with Gasteiger partial charge < -0.3 is 25.0 Å². The van der Waals surface area contributed by atoms with Crippen LogP contribution in [0.2, 0.25) is 0 Å². The van der Waals surface area contributed by atoms with Gasteiger partial charge in [0, 0.05) is 50.2 Å². The monoisotopic (exact) mass is 412 g/mol. The zero-order valence-corrected chi connectivity index (χ0v) is 17.9. The van der Waals surface area contributed by atoms with E-state index in [1.807, 2.05) is 25.3 Å². The van der Waals surface area contributed by atoms with Crippen LogP contribution in [0.3, 0.4) is 0 Å². The van der Waals surface area contributed by atoms with Gasteiger partial charge in [0.25, 0.3) is 5.91 Å². The first kappa shape index (κ1) is 21.4. The first-order chi connectivity index (χ1) is 14.3. The van der Waals surface area contributed by atoms with Crippen LogP contribution in [0.4, 0.5) is 10.5 Å². The molecule has 0 bridgehead atoms. The zero-order chi connectivity index (χ0) is 21.8. The van der Waals surface area contributed by atoms with Gasteiger partial charge in [0.2, 0.25) is 5.91 Å². The molecule has 4 amide bonds. The maximum atomic E-state index is 12.5. The fraction of sp³-hybridized carbons (Fsp3) is 0.429. The van der Waals surface area contributed by atoms with Crippen molar-refractivity contribution in [3.05, 3.63) is 47.0 Å².